The van der Waals surface area contributed by atoms with Crippen molar-refractivity contribution in [2.45, 2.75) is 64.0 Å². The number of aromatic nitrogens is 2. The molecule has 0 radical (unpaired) electrons. The lowest BCUT2D eigenvalue weighted by Crippen LogP contribution is -2.41. The molecule has 0 bridgehead atoms. The van der Waals surface area contributed by atoms with Gasteiger partial charge in [0.05, 0.1) is 5.52 Å². The highest BCUT2D eigenvalue weighted by Gasteiger charge is 2.58. The van der Waals surface area contributed by atoms with E-state index >= 15 is 0 Å². The zero-order valence-electron chi connectivity index (χ0n) is 21.3. The van der Waals surface area contributed by atoms with Crippen LogP contribution in [0.1, 0.15) is 27.2 Å². The van der Waals surface area contributed by atoms with Crippen LogP contribution in [0.25, 0.3) is 22.0 Å². The summed E-state index contributed by atoms with van der Waals surface area (Å²) in [6.45, 7) is 9.82. The Bertz CT molecular complexity index is 1250. The highest BCUT2D eigenvalue weighted by Crippen LogP contribution is 2.39. The van der Waals surface area contributed by atoms with Gasteiger partial charge in [-0.1, -0.05) is 26.8 Å². The average molecular weight is 548 g/mol. The summed E-state index contributed by atoms with van der Waals surface area (Å²) in [6, 6.07) is 7.76. The lowest BCUT2D eigenvalue weighted by Gasteiger charge is -2.36. The van der Waals surface area contributed by atoms with Gasteiger partial charge in [0.2, 0.25) is 0 Å². The fourth-order valence-corrected chi connectivity index (χ4v) is 4.49. The molecule has 3 rings (SSSR count). The van der Waals surface area contributed by atoms with Crippen molar-refractivity contribution in [1.82, 2.24) is 9.78 Å². The van der Waals surface area contributed by atoms with Crippen LogP contribution in [0.5, 0.6) is 5.75 Å². The van der Waals surface area contributed by atoms with E-state index in [9.17, 15) is 26.3 Å². The van der Waals surface area contributed by atoms with Crippen molar-refractivity contribution in [3.05, 3.63) is 42.2 Å². The van der Waals surface area contributed by atoms with E-state index in [-0.39, 0.29) is 22.2 Å². The van der Waals surface area contributed by atoms with Gasteiger partial charge in [0.15, 0.2) is 20.7 Å². The number of benzene rings is 2. The minimum atomic E-state index is -5.77. The lowest BCUT2D eigenvalue weighted by atomic mass is 10.0. The monoisotopic (exact) mass is 547 g/mol. The first kappa shape index (κ1) is 28.8. The molecule has 0 amide bonds. The topological polar surface area (TPSA) is 62.3 Å². The van der Waals surface area contributed by atoms with Crippen molar-refractivity contribution in [2.75, 3.05) is 18.9 Å². The van der Waals surface area contributed by atoms with Gasteiger partial charge in [-0.2, -0.15) is 27.1 Å². The van der Waals surface area contributed by atoms with Crippen LogP contribution in [0, 0.1) is 5.82 Å². The molecule has 5 nitrogen and oxygen atoms in total. The predicted molar refractivity (Wildman–Crippen MR) is 134 cm³/mol. The summed E-state index contributed by atoms with van der Waals surface area (Å²) in [6.07, 6.45) is -5.13. The summed E-state index contributed by atoms with van der Waals surface area (Å²) in [5, 5.41) is 5.05. The van der Waals surface area contributed by atoms with Gasteiger partial charge in [-0.15, -0.1) is 0 Å². The molecular formula is C25H31F6N3O2Si. The standard InChI is InChI=1S/C25H31F6N3O2Si/c1-23(2,3)37(4,5)36-12-6-11-34-20-13-16(7-9-18(20)22(32)33-34)19-14-17(26)8-10-21(19)35-15-24(27,28)25(29,30)31/h7-10,13-14H,6,11-12,15H2,1-5H3,(H2,32,33). The number of rotatable bonds is 9. The van der Waals surface area contributed by atoms with Crippen LogP contribution in [-0.4, -0.2) is 43.4 Å². The minimum absolute atomic E-state index is 0.0208. The van der Waals surface area contributed by atoms with Gasteiger partial charge in [0.1, 0.15) is 11.6 Å². The number of nitrogen functional groups attached to an aromatic ring is 1. The Morgan fingerprint density at radius 2 is 1.68 bits per heavy atom. The zero-order valence-corrected chi connectivity index (χ0v) is 22.3. The number of anilines is 1. The van der Waals surface area contributed by atoms with Gasteiger partial charge in [0.25, 0.3) is 0 Å². The van der Waals surface area contributed by atoms with Crippen molar-refractivity contribution in [3.8, 4) is 16.9 Å². The molecule has 0 aliphatic rings. The number of nitrogens with two attached hydrogens (primary N) is 1. The van der Waals surface area contributed by atoms with Gasteiger partial charge in [-0.05, 0) is 60.4 Å². The number of halogens is 6. The Hall–Kier alpha value is -2.73. The second-order valence-corrected chi connectivity index (χ2v) is 15.2. The predicted octanol–water partition coefficient (Wildman–Crippen LogP) is 7.41. The highest BCUT2D eigenvalue weighted by atomic mass is 28.4. The Kier molecular flexibility index (Phi) is 7.95. The number of nitrogens with zero attached hydrogens (tertiary/aromatic N) is 2. The molecule has 2 N–H and O–H groups in total. The smallest absolute Gasteiger partial charge is 0.456 e. The summed E-state index contributed by atoms with van der Waals surface area (Å²) in [5.74, 6) is -5.82. The molecule has 0 unspecified atom stereocenters. The fraction of sp³-hybridized carbons (Fsp3) is 0.480. The molecule has 12 heteroatoms. The van der Waals surface area contributed by atoms with Gasteiger partial charge >= 0.3 is 12.1 Å². The summed E-state index contributed by atoms with van der Waals surface area (Å²) in [4.78, 5) is 0. The molecule has 204 valence electrons. The van der Waals surface area contributed by atoms with E-state index in [2.05, 4.69) is 39.0 Å². The summed E-state index contributed by atoms with van der Waals surface area (Å²) >= 11 is 0. The van der Waals surface area contributed by atoms with Crippen molar-refractivity contribution in [3.63, 3.8) is 0 Å². The van der Waals surface area contributed by atoms with E-state index in [0.717, 1.165) is 18.2 Å². The van der Waals surface area contributed by atoms with Crippen molar-refractivity contribution in [2.24, 2.45) is 0 Å². The highest BCUT2D eigenvalue weighted by molar-refractivity contribution is 6.74. The lowest BCUT2D eigenvalue weighted by molar-refractivity contribution is -0.289. The second-order valence-electron chi connectivity index (χ2n) is 10.4. The summed E-state index contributed by atoms with van der Waals surface area (Å²) in [5.41, 5.74) is 7.02. The molecule has 1 aromatic heterocycles. The number of hydrogen-bond donors (Lipinski definition) is 1. The quantitative estimate of drug-likeness (QED) is 0.172. The van der Waals surface area contributed by atoms with Gasteiger partial charge in [-0.3, -0.25) is 4.68 Å². The largest absolute Gasteiger partial charge is 0.486 e. The van der Waals surface area contributed by atoms with Crippen LogP contribution in [0.3, 0.4) is 0 Å². The molecular weight excluding hydrogens is 516 g/mol. The Balaban J connectivity index is 1.86. The Labute approximate surface area is 212 Å². The molecule has 0 saturated carbocycles. The van der Waals surface area contributed by atoms with Gasteiger partial charge in [-0.25, -0.2) is 4.39 Å². The first-order chi connectivity index (χ1) is 16.9. The third-order valence-electron chi connectivity index (χ3n) is 6.64. The maximum Gasteiger partial charge on any atom is 0.456 e. The van der Waals surface area contributed by atoms with Crippen LogP contribution in [0.4, 0.5) is 32.2 Å². The van der Waals surface area contributed by atoms with E-state index in [1.165, 1.54) is 0 Å². The van der Waals surface area contributed by atoms with Crippen LogP contribution in [-0.2, 0) is 11.0 Å². The number of aryl methyl sites for hydroxylation is 1. The molecule has 3 aromatic rings. The van der Waals surface area contributed by atoms with Gasteiger partial charge < -0.3 is 14.9 Å². The van der Waals surface area contributed by atoms with Crippen LogP contribution in [0.15, 0.2) is 36.4 Å². The summed E-state index contributed by atoms with van der Waals surface area (Å²) < 4.78 is 91.3. The first-order valence-corrected chi connectivity index (χ1v) is 14.6. The number of ether oxygens (including phenoxy) is 1. The van der Waals surface area contributed by atoms with E-state index in [0.29, 0.717) is 36.0 Å². The molecule has 0 saturated heterocycles. The van der Waals surface area contributed by atoms with E-state index in [1.54, 1.807) is 22.9 Å². The second kappa shape index (κ2) is 10.2. The number of alkyl halides is 5. The van der Waals surface area contributed by atoms with E-state index < -0.39 is 32.8 Å². The SMILES string of the molecule is CC(C)(C)[Si](C)(C)OCCCn1nc(N)c2ccc(-c3cc(F)ccc3OCC(F)(F)C(F)(F)F)cc21. The van der Waals surface area contributed by atoms with Crippen LogP contribution in [0.2, 0.25) is 18.1 Å². The Morgan fingerprint density at radius 1 is 1.00 bits per heavy atom. The molecule has 37 heavy (non-hydrogen) atoms. The van der Waals surface area contributed by atoms with Crippen LogP contribution >= 0.6 is 0 Å². The normalized spacial score (nSPS) is 13.4. The maximum absolute atomic E-state index is 14.0. The van der Waals surface area contributed by atoms with Gasteiger partial charge in [0, 0.05) is 24.1 Å². The van der Waals surface area contributed by atoms with E-state index in [1.807, 2.05) is 0 Å². The van der Waals surface area contributed by atoms with Crippen LogP contribution < -0.4 is 10.5 Å². The number of hydrogen-bond acceptors (Lipinski definition) is 4. The molecule has 0 spiro atoms. The fourth-order valence-electron chi connectivity index (χ4n) is 3.40. The zero-order chi connectivity index (χ0) is 27.8. The van der Waals surface area contributed by atoms with Crippen molar-refractivity contribution < 1.29 is 35.5 Å². The molecule has 0 aliphatic carbocycles. The first-order valence-electron chi connectivity index (χ1n) is 11.7. The molecule has 0 fully saturated rings. The van der Waals surface area contributed by atoms with Crippen molar-refractivity contribution >= 4 is 25.0 Å². The van der Waals surface area contributed by atoms with Crippen molar-refractivity contribution in [1.29, 1.82) is 0 Å². The number of fused-ring (bicyclic) bond motifs is 1. The maximum atomic E-state index is 14.0. The molecule has 0 aliphatic heterocycles. The molecule has 0 atom stereocenters. The molecule has 1 heterocycles. The Morgan fingerprint density at radius 3 is 2.30 bits per heavy atom. The average Bonchev–Trinajstić information content (AvgIpc) is 3.09. The van der Waals surface area contributed by atoms with E-state index in [4.69, 9.17) is 14.9 Å². The third-order valence-corrected chi connectivity index (χ3v) is 11.2. The third kappa shape index (κ3) is 6.40. The summed E-state index contributed by atoms with van der Waals surface area (Å²) in [7, 11) is -1.92. The molecule has 2 aromatic carbocycles. The minimum Gasteiger partial charge on any atom is -0.486 e.